The molecule has 4 heteroatoms. The van der Waals surface area contributed by atoms with Crippen molar-refractivity contribution in [1.82, 2.24) is 4.98 Å². The van der Waals surface area contributed by atoms with Crippen molar-refractivity contribution in [3.8, 4) is 11.8 Å². The van der Waals surface area contributed by atoms with Crippen LogP contribution in [0.1, 0.15) is 41.3 Å². The average Bonchev–Trinajstić information content (AvgIpc) is 2.53. The van der Waals surface area contributed by atoms with Crippen molar-refractivity contribution in [2.75, 3.05) is 0 Å². The lowest BCUT2D eigenvalue weighted by molar-refractivity contribution is 0.304. The first kappa shape index (κ1) is 13.6. The predicted octanol–water partition coefficient (Wildman–Crippen LogP) is 2.87. The third-order valence-electron chi connectivity index (χ3n) is 3.87. The third kappa shape index (κ3) is 2.88. The minimum absolute atomic E-state index is 0.145. The summed E-state index contributed by atoms with van der Waals surface area (Å²) in [4.78, 5) is 4.03. The van der Waals surface area contributed by atoms with E-state index in [-0.39, 0.29) is 6.04 Å². The van der Waals surface area contributed by atoms with Gasteiger partial charge in [-0.2, -0.15) is 5.26 Å². The maximum Gasteiger partial charge on any atom is 0.147 e. The van der Waals surface area contributed by atoms with Crippen LogP contribution in [0.3, 0.4) is 0 Å². The summed E-state index contributed by atoms with van der Waals surface area (Å²) in [5, 5.41) is 9.02. The Hall–Kier alpha value is -2.38. The van der Waals surface area contributed by atoms with Gasteiger partial charge in [-0.05, 0) is 48.6 Å². The van der Waals surface area contributed by atoms with Crippen LogP contribution in [0.5, 0.6) is 5.75 Å². The number of nitrogens with zero attached hydrogens (tertiary/aromatic N) is 2. The van der Waals surface area contributed by atoms with Crippen molar-refractivity contribution in [3.05, 3.63) is 58.9 Å². The smallest absolute Gasteiger partial charge is 0.147 e. The molecule has 0 amide bonds. The molecule has 1 aromatic heterocycles. The molecule has 21 heavy (non-hydrogen) atoms. The molecule has 2 aromatic rings. The summed E-state index contributed by atoms with van der Waals surface area (Å²) in [6, 6.07) is 12.0. The molecule has 0 radical (unpaired) electrons. The van der Waals surface area contributed by atoms with Gasteiger partial charge in [-0.25, -0.2) is 4.98 Å². The number of rotatable bonds is 3. The lowest BCUT2D eigenvalue weighted by Gasteiger charge is -2.22. The molecule has 1 heterocycles. The SMILES string of the molecule is N#Cc1ncccc1COc1ccc2c(c1)CCCC2N. The molecule has 0 bridgehead atoms. The largest absolute Gasteiger partial charge is 0.489 e. The topological polar surface area (TPSA) is 71.9 Å². The summed E-state index contributed by atoms with van der Waals surface area (Å²) >= 11 is 0. The molecular weight excluding hydrogens is 262 g/mol. The summed E-state index contributed by atoms with van der Waals surface area (Å²) in [6.07, 6.45) is 4.84. The van der Waals surface area contributed by atoms with Crippen LogP contribution in [-0.4, -0.2) is 4.98 Å². The Morgan fingerprint density at radius 3 is 3.14 bits per heavy atom. The van der Waals surface area contributed by atoms with E-state index in [0.717, 1.165) is 30.6 Å². The lowest BCUT2D eigenvalue weighted by Crippen LogP contribution is -2.17. The Bertz CT molecular complexity index is 691. The molecule has 0 spiro atoms. The summed E-state index contributed by atoms with van der Waals surface area (Å²) in [5.74, 6) is 0.815. The highest BCUT2D eigenvalue weighted by atomic mass is 16.5. The van der Waals surface area contributed by atoms with Gasteiger partial charge in [0.15, 0.2) is 0 Å². The van der Waals surface area contributed by atoms with E-state index in [4.69, 9.17) is 15.7 Å². The molecule has 1 aliphatic carbocycles. The minimum Gasteiger partial charge on any atom is -0.489 e. The van der Waals surface area contributed by atoms with Crippen molar-refractivity contribution in [2.24, 2.45) is 5.73 Å². The average molecular weight is 279 g/mol. The predicted molar refractivity (Wildman–Crippen MR) is 79.6 cm³/mol. The van der Waals surface area contributed by atoms with Gasteiger partial charge in [-0.15, -0.1) is 0 Å². The fourth-order valence-corrected chi connectivity index (χ4v) is 2.73. The van der Waals surface area contributed by atoms with E-state index in [1.54, 1.807) is 6.20 Å². The van der Waals surface area contributed by atoms with E-state index in [0.29, 0.717) is 12.3 Å². The standard InChI is InChI=1S/C17H17N3O/c18-10-17-13(4-2-8-20-17)11-21-14-6-7-15-12(9-14)3-1-5-16(15)19/h2,4,6-9,16H,1,3,5,11,19H2. The molecule has 2 N–H and O–H groups in total. The molecule has 3 rings (SSSR count). The second-order valence-electron chi connectivity index (χ2n) is 5.27. The Kier molecular flexibility index (Phi) is 3.85. The van der Waals surface area contributed by atoms with Crippen molar-refractivity contribution in [2.45, 2.75) is 31.9 Å². The van der Waals surface area contributed by atoms with Gasteiger partial charge in [0.2, 0.25) is 0 Å². The Labute approximate surface area is 124 Å². The number of hydrogen-bond donors (Lipinski definition) is 1. The van der Waals surface area contributed by atoms with E-state index in [2.05, 4.69) is 23.2 Å². The normalized spacial score (nSPS) is 16.9. The zero-order valence-electron chi connectivity index (χ0n) is 11.7. The molecule has 1 aromatic carbocycles. The van der Waals surface area contributed by atoms with Crippen molar-refractivity contribution >= 4 is 0 Å². The molecule has 0 aliphatic heterocycles. The molecule has 0 saturated heterocycles. The van der Waals surface area contributed by atoms with E-state index in [9.17, 15) is 0 Å². The zero-order valence-corrected chi connectivity index (χ0v) is 11.7. The second kappa shape index (κ2) is 5.94. The van der Waals surface area contributed by atoms with Crippen LogP contribution >= 0.6 is 0 Å². The van der Waals surface area contributed by atoms with Crippen molar-refractivity contribution in [1.29, 1.82) is 5.26 Å². The Morgan fingerprint density at radius 2 is 2.29 bits per heavy atom. The first-order valence-electron chi connectivity index (χ1n) is 7.13. The molecular formula is C17H17N3O. The highest BCUT2D eigenvalue weighted by Gasteiger charge is 2.17. The highest BCUT2D eigenvalue weighted by molar-refractivity contribution is 5.39. The maximum atomic E-state index is 9.02. The van der Waals surface area contributed by atoms with E-state index in [1.165, 1.54) is 11.1 Å². The van der Waals surface area contributed by atoms with Gasteiger partial charge >= 0.3 is 0 Å². The van der Waals surface area contributed by atoms with Gasteiger partial charge in [-0.3, -0.25) is 0 Å². The van der Waals surface area contributed by atoms with E-state index < -0.39 is 0 Å². The Morgan fingerprint density at radius 1 is 1.38 bits per heavy atom. The molecule has 4 nitrogen and oxygen atoms in total. The first-order valence-corrected chi connectivity index (χ1v) is 7.13. The van der Waals surface area contributed by atoms with Crippen LogP contribution in [-0.2, 0) is 13.0 Å². The lowest BCUT2D eigenvalue weighted by atomic mass is 9.88. The molecule has 106 valence electrons. The number of nitrogens with two attached hydrogens (primary N) is 1. The Balaban J connectivity index is 1.76. The van der Waals surface area contributed by atoms with Gasteiger partial charge in [0, 0.05) is 17.8 Å². The van der Waals surface area contributed by atoms with Crippen LogP contribution in [0.4, 0.5) is 0 Å². The second-order valence-corrected chi connectivity index (χ2v) is 5.27. The number of aromatic nitrogens is 1. The molecule has 0 fully saturated rings. The minimum atomic E-state index is 0.145. The van der Waals surface area contributed by atoms with Crippen LogP contribution in [0.2, 0.25) is 0 Å². The zero-order chi connectivity index (χ0) is 14.7. The third-order valence-corrected chi connectivity index (χ3v) is 3.87. The fourth-order valence-electron chi connectivity index (χ4n) is 2.73. The monoisotopic (exact) mass is 279 g/mol. The summed E-state index contributed by atoms with van der Waals surface area (Å²) in [5.41, 5.74) is 9.83. The number of fused-ring (bicyclic) bond motifs is 1. The molecule has 1 atom stereocenters. The van der Waals surface area contributed by atoms with Crippen LogP contribution in [0.15, 0.2) is 36.5 Å². The van der Waals surface area contributed by atoms with E-state index >= 15 is 0 Å². The maximum absolute atomic E-state index is 9.02. The molecule has 0 saturated carbocycles. The number of pyridine rings is 1. The van der Waals surface area contributed by atoms with Crippen molar-refractivity contribution < 1.29 is 4.74 Å². The number of aryl methyl sites for hydroxylation is 1. The van der Waals surface area contributed by atoms with Gasteiger partial charge in [0.05, 0.1) is 0 Å². The number of hydrogen-bond acceptors (Lipinski definition) is 4. The van der Waals surface area contributed by atoms with Crippen LogP contribution in [0.25, 0.3) is 0 Å². The highest BCUT2D eigenvalue weighted by Crippen LogP contribution is 2.30. The van der Waals surface area contributed by atoms with Crippen molar-refractivity contribution in [3.63, 3.8) is 0 Å². The molecule has 1 unspecified atom stereocenters. The first-order chi connectivity index (χ1) is 10.3. The number of nitriles is 1. The quantitative estimate of drug-likeness (QED) is 0.937. The summed E-state index contributed by atoms with van der Waals surface area (Å²) in [7, 11) is 0. The van der Waals surface area contributed by atoms with Gasteiger partial charge in [0.1, 0.15) is 24.1 Å². The fraction of sp³-hybridized carbons (Fsp3) is 0.294. The van der Waals surface area contributed by atoms with Crippen LogP contribution in [0, 0.1) is 11.3 Å². The van der Waals surface area contributed by atoms with Gasteiger partial charge < -0.3 is 10.5 Å². The van der Waals surface area contributed by atoms with Crippen LogP contribution < -0.4 is 10.5 Å². The number of benzene rings is 1. The van der Waals surface area contributed by atoms with E-state index in [1.807, 2.05) is 18.2 Å². The molecule has 1 aliphatic rings. The summed E-state index contributed by atoms with van der Waals surface area (Å²) in [6.45, 7) is 0.349. The van der Waals surface area contributed by atoms with Gasteiger partial charge in [0.25, 0.3) is 0 Å². The number of ether oxygens (including phenoxy) is 1. The van der Waals surface area contributed by atoms with Gasteiger partial charge in [-0.1, -0.05) is 12.1 Å². The summed E-state index contributed by atoms with van der Waals surface area (Å²) < 4.78 is 5.80.